The summed E-state index contributed by atoms with van der Waals surface area (Å²) >= 11 is 0. The van der Waals surface area contributed by atoms with Gasteiger partial charge in [0.25, 0.3) is 0 Å². The van der Waals surface area contributed by atoms with Crippen molar-refractivity contribution < 1.29 is 0 Å². The average molecular weight is 700 g/mol. The van der Waals surface area contributed by atoms with Crippen LogP contribution in [0.25, 0.3) is 33.2 Å². The molecule has 1 aliphatic heterocycles. The molecule has 3 heteroatoms. The lowest BCUT2D eigenvalue weighted by molar-refractivity contribution is 0.421. The van der Waals surface area contributed by atoms with Crippen molar-refractivity contribution in [1.82, 2.24) is 4.98 Å². The van der Waals surface area contributed by atoms with Crippen molar-refractivity contribution in [3.05, 3.63) is 197 Å². The Morgan fingerprint density at radius 1 is 0.889 bits per heavy atom. The van der Waals surface area contributed by atoms with Crippen LogP contribution < -0.4 is 0 Å². The highest BCUT2D eigenvalue weighted by molar-refractivity contribution is 6.13. The van der Waals surface area contributed by atoms with Gasteiger partial charge in [0.1, 0.15) is 6.04 Å². The summed E-state index contributed by atoms with van der Waals surface area (Å²) in [6, 6.07) is 31.0. The fraction of sp³-hybridized carbons (Fsp3) is 0.196. The van der Waals surface area contributed by atoms with E-state index in [1.54, 1.807) is 0 Å². The SMILES string of the molecule is C=C/C=C\C(C)c1c(CC(=NC)c2cccc(C3=C4C=CCCC4C(C4=CC=NC5c6ncccc6C=CC45)C=C3)c2)c2ccccc2c2ccccc12. The first-order chi connectivity index (χ1) is 26.6. The van der Waals surface area contributed by atoms with E-state index < -0.39 is 0 Å². The number of hydrogen-bond donors (Lipinski definition) is 0. The fourth-order valence-electron chi connectivity index (χ4n) is 9.53. The zero-order valence-corrected chi connectivity index (χ0v) is 31.1. The molecule has 3 nitrogen and oxygen atoms in total. The summed E-state index contributed by atoms with van der Waals surface area (Å²) in [4.78, 5) is 14.7. The highest BCUT2D eigenvalue weighted by Crippen LogP contribution is 2.49. The molecule has 2 heterocycles. The van der Waals surface area contributed by atoms with E-state index in [9.17, 15) is 0 Å². The maximum atomic E-state index is 5.00. The Bertz CT molecular complexity index is 2550. The molecule has 0 amide bonds. The van der Waals surface area contributed by atoms with Crippen LogP contribution in [-0.2, 0) is 6.42 Å². The van der Waals surface area contributed by atoms with E-state index in [-0.39, 0.29) is 17.9 Å². The molecule has 1 aromatic heterocycles. The van der Waals surface area contributed by atoms with Crippen LogP contribution >= 0.6 is 0 Å². The molecule has 54 heavy (non-hydrogen) atoms. The lowest BCUT2D eigenvalue weighted by Crippen LogP contribution is -2.29. The second-order valence-corrected chi connectivity index (χ2v) is 14.9. The average Bonchev–Trinajstić information content (AvgIpc) is 3.24. The molecule has 9 rings (SSSR count). The standard InChI is InChI=1S/C51H45N3/c1-4-5-14-33(2)49-45-23-11-10-21-41(45)40-20-8-9-22-42(40)47(49)32-48(52-3)36-16-12-15-35(31-36)37-26-27-43(39-19-7-6-18-38(37)39)44-28-30-54-51-46(44)25-24-34-17-13-29-53-50(34)51/h4-6,8-18,20-31,33,39,43,46,51H,1,7,19,32H2,2-3H3/b14-5-,52-48?. The van der Waals surface area contributed by atoms with Gasteiger partial charge in [0.2, 0.25) is 0 Å². The molecule has 0 saturated carbocycles. The number of nitrogens with zero attached hydrogens (tertiary/aromatic N) is 3. The first kappa shape index (κ1) is 33.9. The lowest BCUT2D eigenvalue weighted by atomic mass is 9.66. The van der Waals surface area contributed by atoms with Crippen LogP contribution in [0, 0.1) is 17.8 Å². The molecule has 4 aromatic carbocycles. The van der Waals surface area contributed by atoms with Gasteiger partial charge in [-0.15, -0.1) is 0 Å². The molecule has 0 N–H and O–H groups in total. The summed E-state index contributed by atoms with van der Waals surface area (Å²) in [5.74, 6) is 1.15. The normalized spacial score (nSPS) is 22.3. The van der Waals surface area contributed by atoms with Gasteiger partial charge in [-0.25, -0.2) is 0 Å². The molecule has 4 aliphatic rings. The summed E-state index contributed by atoms with van der Waals surface area (Å²) in [5, 5.41) is 5.17. The zero-order chi connectivity index (χ0) is 36.6. The van der Waals surface area contributed by atoms with Crippen LogP contribution in [0.3, 0.4) is 0 Å². The quantitative estimate of drug-likeness (QED) is 0.0902. The number of benzene rings is 4. The van der Waals surface area contributed by atoms with E-state index in [0.717, 1.165) is 30.7 Å². The van der Waals surface area contributed by atoms with E-state index in [1.807, 2.05) is 31.6 Å². The number of aromatic nitrogens is 1. The van der Waals surface area contributed by atoms with Crippen molar-refractivity contribution >= 4 is 45.1 Å². The number of pyridine rings is 1. The van der Waals surface area contributed by atoms with Crippen LogP contribution in [-0.4, -0.2) is 24.0 Å². The van der Waals surface area contributed by atoms with Gasteiger partial charge in [-0.1, -0.05) is 147 Å². The van der Waals surface area contributed by atoms with Crippen LogP contribution in [0.2, 0.25) is 0 Å². The number of aliphatic imine (C=N–C) groups is 2. The Balaban J connectivity index is 1.08. The van der Waals surface area contributed by atoms with Crippen LogP contribution in [0.15, 0.2) is 174 Å². The molecule has 5 atom stereocenters. The molecule has 0 saturated heterocycles. The Morgan fingerprint density at radius 3 is 2.52 bits per heavy atom. The summed E-state index contributed by atoms with van der Waals surface area (Å²) in [6.45, 7) is 6.25. The van der Waals surface area contributed by atoms with Gasteiger partial charge in [0.05, 0.1) is 5.69 Å². The van der Waals surface area contributed by atoms with Gasteiger partial charge in [-0.3, -0.25) is 15.0 Å². The van der Waals surface area contributed by atoms with Crippen LogP contribution in [0.1, 0.15) is 65.2 Å². The number of rotatable bonds is 8. The number of dihydropyridines is 1. The van der Waals surface area contributed by atoms with Crippen molar-refractivity contribution in [2.45, 2.75) is 38.1 Å². The number of hydrogen-bond acceptors (Lipinski definition) is 3. The largest absolute Gasteiger partial charge is 0.292 e. The minimum absolute atomic E-state index is 0.0391. The number of fused-ring (bicyclic) bond motifs is 7. The van der Waals surface area contributed by atoms with Gasteiger partial charge in [0, 0.05) is 49.3 Å². The van der Waals surface area contributed by atoms with E-state index in [2.05, 4.69) is 147 Å². The predicted octanol–water partition coefficient (Wildman–Crippen LogP) is 12.2. The van der Waals surface area contributed by atoms with Gasteiger partial charge >= 0.3 is 0 Å². The maximum absolute atomic E-state index is 5.00. The number of allylic oxidation sites excluding steroid dienone is 10. The third kappa shape index (κ3) is 5.89. The fourth-order valence-corrected chi connectivity index (χ4v) is 9.53. The third-order valence-electron chi connectivity index (χ3n) is 12.0. The Labute approximate surface area is 319 Å². The molecular weight excluding hydrogens is 655 g/mol. The Morgan fingerprint density at radius 2 is 1.69 bits per heavy atom. The van der Waals surface area contributed by atoms with Gasteiger partial charge in [-0.05, 0) is 97.5 Å². The van der Waals surface area contributed by atoms with Crippen LogP contribution in [0.4, 0.5) is 0 Å². The minimum atomic E-state index is 0.0391. The van der Waals surface area contributed by atoms with Gasteiger partial charge < -0.3 is 0 Å². The highest BCUT2D eigenvalue weighted by Gasteiger charge is 2.38. The summed E-state index contributed by atoms with van der Waals surface area (Å²) in [5.41, 5.74) is 12.7. The first-order valence-corrected chi connectivity index (χ1v) is 19.4. The van der Waals surface area contributed by atoms with Crippen molar-refractivity contribution in [2.24, 2.45) is 27.7 Å². The molecule has 0 radical (unpaired) electrons. The highest BCUT2D eigenvalue weighted by atomic mass is 14.9. The van der Waals surface area contributed by atoms with E-state index in [1.165, 1.54) is 66.1 Å². The molecular formula is C51H45N3. The lowest BCUT2D eigenvalue weighted by Gasteiger charge is -2.39. The molecule has 0 bridgehead atoms. The van der Waals surface area contributed by atoms with E-state index in [4.69, 9.17) is 15.0 Å². The Kier molecular flexibility index (Phi) is 9.08. The molecule has 0 spiro atoms. The molecule has 5 aromatic rings. The van der Waals surface area contributed by atoms with E-state index >= 15 is 0 Å². The van der Waals surface area contributed by atoms with Crippen LogP contribution in [0.5, 0.6) is 0 Å². The maximum Gasteiger partial charge on any atom is 0.102 e. The molecule has 0 fully saturated rings. The summed E-state index contributed by atoms with van der Waals surface area (Å²) < 4.78 is 0. The smallest absolute Gasteiger partial charge is 0.102 e. The third-order valence-corrected chi connectivity index (χ3v) is 12.0. The Hall–Kier alpha value is -5.93. The predicted molar refractivity (Wildman–Crippen MR) is 229 cm³/mol. The van der Waals surface area contributed by atoms with Gasteiger partial charge in [-0.2, -0.15) is 0 Å². The van der Waals surface area contributed by atoms with Crippen molar-refractivity contribution in [2.75, 3.05) is 7.05 Å². The minimum Gasteiger partial charge on any atom is -0.292 e. The second-order valence-electron chi connectivity index (χ2n) is 14.9. The topological polar surface area (TPSA) is 37.6 Å². The summed E-state index contributed by atoms with van der Waals surface area (Å²) in [6.07, 6.45) is 29.6. The summed E-state index contributed by atoms with van der Waals surface area (Å²) in [7, 11) is 1.95. The first-order valence-electron chi connectivity index (χ1n) is 19.4. The molecule has 5 unspecified atom stereocenters. The second kappa shape index (κ2) is 14.5. The zero-order valence-electron chi connectivity index (χ0n) is 31.1. The van der Waals surface area contributed by atoms with Crippen molar-refractivity contribution in [1.29, 1.82) is 0 Å². The van der Waals surface area contributed by atoms with Gasteiger partial charge in [0.15, 0.2) is 0 Å². The van der Waals surface area contributed by atoms with Crippen molar-refractivity contribution in [3.63, 3.8) is 0 Å². The molecule has 3 aliphatic carbocycles. The monoisotopic (exact) mass is 699 g/mol. The molecule has 264 valence electrons. The van der Waals surface area contributed by atoms with E-state index in [0.29, 0.717) is 11.8 Å². The van der Waals surface area contributed by atoms with Crippen molar-refractivity contribution in [3.8, 4) is 0 Å².